The smallest absolute Gasteiger partial charge is 0.124 e. The normalized spacial score (nSPS) is 12.1. The van der Waals surface area contributed by atoms with Crippen LogP contribution in [0.3, 0.4) is 0 Å². The van der Waals surface area contributed by atoms with Gasteiger partial charge in [0.1, 0.15) is 11.5 Å². The van der Waals surface area contributed by atoms with Crippen LogP contribution in [0.1, 0.15) is 33.9 Å². The predicted octanol–water partition coefficient (Wildman–Crippen LogP) is 3.68. The Hall–Kier alpha value is -2.00. The lowest BCUT2D eigenvalue weighted by Crippen LogP contribution is -2.16. The molecule has 21 heavy (non-hydrogen) atoms. The lowest BCUT2D eigenvalue weighted by molar-refractivity contribution is 0.399. The highest BCUT2D eigenvalue weighted by atomic mass is 16.5. The zero-order valence-electron chi connectivity index (χ0n) is 13.4. The zero-order chi connectivity index (χ0) is 15.6. The van der Waals surface area contributed by atoms with Gasteiger partial charge in [0.25, 0.3) is 0 Å². The average molecular weight is 285 g/mol. The molecule has 0 aliphatic rings. The van der Waals surface area contributed by atoms with E-state index < -0.39 is 0 Å². The maximum absolute atomic E-state index is 6.51. The first-order valence-corrected chi connectivity index (χ1v) is 7.03. The minimum absolute atomic E-state index is 0.281. The fourth-order valence-corrected chi connectivity index (χ4v) is 2.74. The van der Waals surface area contributed by atoms with E-state index in [0.717, 1.165) is 39.3 Å². The topological polar surface area (TPSA) is 44.5 Å². The van der Waals surface area contributed by atoms with Gasteiger partial charge in [-0.25, -0.2) is 0 Å². The standard InChI is InChI=1S/C18H23NO2/c1-11-6-7-14(15(9-11)20-4)18(19)17-13(3)8-12(2)10-16(17)21-5/h6-10,18H,19H2,1-5H3. The first kappa shape index (κ1) is 15.4. The lowest BCUT2D eigenvalue weighted by atomic mass is 9.92. The Morgan fingerprint density at radius 2 is 1.48 bits per heavy atom. The third kappa shape index (κ3) is 3.03. The molecule has 0 aliphatic carbocycles. The minimum atomic E-state index is -0.281. The van der Waals surface area contributed by atoms with Crippen LogP contribution in [0.5, 0.6) is 11.5 Å². The fourth-order valence-electron chi connectivity index (χ4n) is 2.74. The molecule has 3 nitrogen and oxygen atoms in total. The molecule has 2 aromatic carbocycles. The van der Waals surface area contributed by atoms with Crippen LogP contribution < -0.4 is 15.2 Å². The Morgan fingerprint density at radius 3 is 2.10 bits per heavy atom. The summed E-state index contributed by atoms with van der Waals surface area (Å²) >= 11 is 0. The molecule has 3 heteroatoms. The number of methoxy groups -OCH3 is 2. The van der Waals surface area contributed by atoms with Crippen LogP contribution in [0.25, 0.3) is 0 Å². The predicted molar refractivity (Wildman–Crippen MR) is 86.2 cm³/mol. The number of ether oxygens (including phenoxy) is 2. The van der Waals surface area contributed by atoms with Gasteiger partial charge in [0.05, 0.1) is 20.3 Å². The Kier molecular flexibility index (Phi) is 4.53. The third-order valence-corrected chi connectivity index (χ3v) is 3.75. The maximum Gasteiger partial charge on any atom is 0.124 e. The van der Waals surface area contributed by atoms with Crippen molar-refractivity contribution in [1.29, 1.82) is 0 Å². The Bertz CT molecular complexity index is 650. The molecule has 0 fully saturated rings. The van der Waals surface area contributed by atoms with E-state index in [0.29, 0.717) is 0 Å². The van der Waals surface area contributed by atoms with E-state index in [2.05, 4.69) is 19.9 Å². The van der Waals surface area contributed by atoms with Crippen LogP contribution in [0, 0.1) is 20.8 Å². The summed E-state index contributed by atoms with van der Waals surface area (Å²) in [7, 11) is 3.35. The molecule has 112 valence electrons. The lowest BCUT2D eigenvalue weighted by Gasteiger charge is -2.21. The summed E-state index contributed by atoms with van der Waals surface area (Å²) < 4.78 is 11.0. The molecule has 0 saturated carbocycles. The summed E-state index contributed by atoms with van der Waals surface area (Å²) in [5.74, 6) is 1.63. The highest BCUT2D eigenvalue weighted by Gasteiger charge is 2.20. The molecule has 0 saturated heterocycles. The van der Waals surface area contributed by atoms with E-state index in [4.69, 9.17) is 15.2 Å². The summed E-state index contributed by atoms with van der Waals surface area (Å²) in [6, 6.07) is 9.94. The van der Waals surface area contributed by atoms with Crippen LogP contribution in [0.2, 0.25) is 0 Å². The molecular weight excluding hydrogens is 262 g/mol. The summed E-state index contributed by atoms with van der Waals surface area (Å²) in [5, 5.41) is 0. The van der Waals surface area contributed by atoms with Gasteiger partial charge < -0.3 is 15.2 Å². The largest absolute Gasteiger partial charge is 0.496 e. The second-order valence-corrected chi connectivity index (χ2v) is 5.42. The molecule has 0 aliphatic heterocycles. The molecule has 1 atom stereocenters. The van der Waals surface area contributed by atoms with E-state index in [1.165, 1.54) is 0 Å². The van der Waals surface area contributed by atoms with Gasteiger partial charge in [-0.3, -0.25) is 0 Å². The van der Waals surface area contributed by atoms with Crippen molar-refractivity contribution in [2.24, 2.45) is 5.73 Å². The Balaban J connectivity index is 2.57. The molecule has 0 aromatic heterocycles. The van der Waals surface area contributed by atoms with E-state index in [1.54, 1.807) is 14.2 Å². The van der Waals surface area contributed by atoms with E-state index >= 15 is 0 Å². The van der Waals surface area contributed by atoms with Crippen molar-refractivity contribution in [2.75, 3.05) is 14.2 Å². The molecule has 2 rings (SSSR count). The number of hydrogen-bond acceptors (Lipinski definition) is 3. The van der Waals surface area contributed by atoms with E-state index in [1.807, 2.05) is 31.2 Å². The van der Waals surface area contributed by atoms with Gasteiger partial charge >= 0.3 is 0 Å². The highest BCUT2D eigenvalue weighted by molar-refractivity contribution is 5.51. The average Bonchev–Trinajstić information content (AvgIpc) is 2.45. The third-order valence-electron chi connectivity index (χ3n) is 3.75. The fraction of sp³-hybridized carbons (Fsp3) is 0.333. The number of benzene rings is 2. The quantitative estimate of drug-likeness (QED) is 0.932. The van der Waals surface area contributed by atoms with Crippen molar-refractivity contribution < 1.29 is 9.47 Å². The Morgan fingerprint density at radius 1 is 0.857 bits per heavy atom. The van der Waals surface area contributed by atoms with Crippen molar-refractivity contribution in [3.63, 3.8) is 0 Å². The van der Waals surface area contributed by atoms with Gasteiger partial charge in [0, 0.05) is 11.1 Å². The van der Waals surface area contributed by atoms with Crippen LogP contribution in [0.4, 0.5) is 0 Å². The SMILES string of the molecule is COc1cc(C)ccc1C(N)c1c(C)cc(C)cc1OC. The second kappa shape index (κ2) is 6.19. The molecule has 0 spiro atoms. The molecule has 0 radical (unpaired) electrons. The molecule has 0 bridgehead atoms. The van der Waals surface area contributed by atoms with Gasteiger partial charge in [-0.1, -0.05) is 18.2 Å². The van der Waals surface area contributed by atoms with Gasteiger partial charge in [0.15, 0.2) is 0 Å². The molecule has 1 unspecified atom stereocenters. The minimum Gasteiger partial charge on any atom is -0.496 e. The Labute approximate surface area is 126 Å². The van der Waals surface area contributed by atoms with Gasteiger partial charge in [-0.05, 0) is 49.6 Å². The van der Waals surface area contributed by atoms with Crippen LogP contribution >= 0.6 is 0 Å². The number of nitrogens with two attached hydrogens (primary N) is 1. The van der Waals surface area contributed by atoms with Gasteiger partial charge in [-0.2, -0.15) is 0 Å². The molecular formula is C18H23NO2. The maximum atomic E-state index is 6.51. The zero-order valence-corrected chi connectivity index (χ0v) is 13.4. The highest BCUT2D eigenvalue weighted by Crippen LogP contribution is 2.36. The summed E-state index contributed by atoms with van der Waals surface area (Å²) in [6.45, 7) is 6.15. The van der Waals surface area contributed by atoms with Crippen LogP contribution in [-0.2, 0) is 0 Å². The van der Waals surface area contributed by atoms with Crippen LogP contribution in [0.15, 0.2) is 30.3 Å². The van der Waals surface area contributed by atoms with E-state index in [9.17, 15) is 0 Å². The van der Waals surface area contributed by atoms with Crippen molar-refractivity contribution in [2.45, 2.75) is 26.8 Å². The van der Waals surface area contributed by atoms with Crippen LogP contribution in [-0.4, -0.2) is 14.2 Å². The van der Waals surface area contributed by atoms with Gasteiger partial charge in [-0.15, -0.1) is 0 Å². The molecule has 2 aromatic rings. The van der Waals surface area contributed by atoms with Gasteiger partial charge in [0.2, 0.25) is 0 Å². The summed E-state index contributed by atoms with van der Waals surface area (Å²) in [6.07, 6.45) is 0. The second-order valence-electron chi connectivity index (χ2n) is 5.42. The number of aryl methyl sites for hydroxylation is 3. The monoisotopic (exact) mass is 285 g/mol. The number of rotatable bonds is 4. The summed E-state index contributed by atoms with van der Waals surface area (Å²) in [4.78, 5) is 0. The molecule has 0 amide bonds. The van der Waals surface area contributed by atoms with Crippen molar-refractivity contribution in [1.82, 2.24) is 0 Å². The van der Waals surface area contributed by atoms with Crippen molar-refractivity contribution in [3.8, 4) is 11.5 Å². The first-order chi connectivity index (χ1) is 9.97. The van der Waals surface area contributed by atoms with Crippen molar-refractivity contribution >= 4 is 0 Å². The molecule has 0 heterocycles. The van der Waals surface area contributed by atoms with Crippen molar-refractivity contribution in [3.05, 3.63) is 58.1 Å². The number of hydrogen-bond donors (Lipinski definition) is 1. The molecule has 2 N–H and O–H groups in total. The van der Waals surface area contributed by atoms with E-state index in [-0.39, 0.29) is 6.04 Å². The summed E-state index contributed by atoms with van der Waals surface area (Å²) in [5.41, 5.74) is 11.9. The first-order valence-electron chi connectivity index (χ1n) is 7.03.